The highest BCUT2D eigenvalue weighted by Crippen LogP contribution is 2.40. The number of aliphatic imine (C=N–C) groups is 1. The smallest absolute Gasteiger partial charge is 0.225 e. The summed E-state index contributed by atoms with van der Waals surface area (Å²) in [6, 6.07) is 11.5. The van der Waals surface area contributed by atoms with Gasteiger partial charge in [0.2, 0.25) is 5.91 Å². The molecule has 1 aromatic rings. The summed E-state index contributed by atoms with van der Waals surface area (Å²) in [5.41, 5.74) is 1.40. The van der Waals surface area contributed by atoms with E-state index < -0.39 is 0 Å². The van der Waals surface area contributed by atoms with Crippen molar-refractivity contribution in [3.8, 4) is 0 Å². The van der Waals surface area contributed by atoms with Crippen LogP contribution in [0.3, 0.4) is 0 Å². The lowest BCUT2D eigenvalue weighted by Crippen LogP contribution is -2.50. The first-order valence-corrected chi connectivity index (χ1v) is 9.42. The van der Waals surface area contributed by atoms with Gasteiger partial charge in [-0.3, -0.25) is 9.79 Å². The molecule has 1 amide bonds. The van der Waals surface area contributed by atoms with Gasteiger partial charge in [0.25, 0.3) is 0 Å². The average Bonchev–Trinajstić information content (AvgIpc) is 3.41. The number of benzene rings is 1. The normalized spacial score (nSPS) is 23.4. The summed E-state index contributed by atoms with van der Waals surface area (Å²) in [6.45, 7) is 5.61. The summed E-state index contributed by atoms with van der Waals surface area (Å²) < 4.78 is 0. The number of hydrogen-bond donors (Lipinski definition) is 2. The quantitative estimate of drug-likeness (QED) is 0.404. The number of nitrogens with one attached hydrogen (secondary N) is 2. The van der Waals surface area contributed by atoms with Gasteiger partial charge in [0.15, 0.2) is 5.96 Å². The Labute approximate surface area is 174 Å². The van der Waals surface area contributed by atoms with Crippen molar-refractivity contribution in [3.63, 3.8) is 0 Å². The summed E-state index contributed by atoms with van der Waals surface area (Å²) in [7, 11) is 1.83. The molecule has 1 aliphatic carbocycles. The Balaban J connectivity index is 0.00000243. The molecule has 2 N–H and O–H groups in total. The lowest BCUT2D eigenvalue weighted by Gasteiger charge is -2.34. The van der Waals surface area contributed by atoms with Gasteiger partial charge in [-0.2, -0.15) is 0 Å². The zero-order chi connectivity index (χ0) is 17.8. The van der Waals surface area contributed by atoms with Crippen molar-refractivity contribution in [2.24, 2.45) is 10.9 Å². The molecule has 0 radical (unpaired) electrons. The number of guanidine groups is 1. The van der Waals surface area contributed by atoms with E-state index in [0.717, 1.165) is 38.3 Å². The number of rotatable bonds is 4. The fourth-order valence-electron chi connectivity index (χ4n) is 3.57. The maximum atomic E-state index is 12.1. The van der Waals surface area contributed by atoms with Gasteiger partial charge in [0.05, 0.1) is 0 Å². The third-order valence-electron chi connectivity index (χ3n) is 5.21. The molecule has 144 valence electrons. The van der Waals surface area contributed by atoms with Gasteiger partial charge < -0.3 is 15.5 Å². The number of piperidine rings is 1. The number of likely N-dealkylation sites (tertiary alicyclic amines) is 1. The molecule has 26 heavy (non-hydrogen) atoms. The molecule has 2 atom stereocenters. The summed E-state index contributed by atoms with van der Waals surface area (Å²) in [5.74, 6) is 1.83. The first-order valence-electron chi connectivity index (χ1n) is 9.42. The molecule has 2 aliphatic rings. The molecule has 5 nitrogen and oxygen atoms in total. The van der Waals surface area contributed by atoms with Gasteiger partial charge in [-0.1, -0.05) is 44.2 Å². The van der Waals surface area contributed by atoms with Crippen LogP contribution in [0.2, 0.25) is 0 Å². The van der Waals surface area contributed by atoms with Crippen LogP contribution in [0.1, 0.15) is 44.6 Å². The third kappa shape index (κ3) is 5.34. The topological polar surface area (TPSA) is 56.7 Å². The van der Waals surface area contributed by atoms with Gasteiger partial charge >= 0.3 is 0 Å². The van der Waals surface area contributed by atoms with Crippen LogP contribution < -0.4 is 10.6 Å². The lowest BCUT2D eigenvalue weighted by atomic mass is 10.0. The molecule has 1 saturated carbocycles. The number of carbonyl (C=O) groups is 1. The first-order chi connectivity index (χ1) is 12.1. The van der Waals surface area contributed by atoms with Crippen LogP contribution >= 0.6 is 24.0 Å². The second-order valence-electron chi connectivity index (χ2n) is 7.47. The first kappa shape index (κ1) is 21.0. The monoisotopic (exact) mass is 470 g/mol. The number of nitrogens with zero attached hydrogens (tertiary/aromatic N) is 2. The highest BCUT2D eigenvalue weighted by molar-refractivity contribution is 14.0. The summed E-state index contributed by atoms with van der Waals surface area (Å²) in [5, 5.41) is 7.09. The molecule has 1 aromatic carbocycles. The number of amides is 1. The zero-order valence-electron chi connectivity index (χ0n) is 15.9. The van der Waals surface area contributed by atoms with Crippen molar-refractivity contribution < 1.29 is 4.79 Å². The maximum Gasteiger partial charge on any atom is 0.225 e. The Morgan fingerprint density at radius 1 is 1.15 bits per heavy atom. The molecule has 0 aromatic heterocycles. The van der Waals surface area contributed by atoms with Crippen LogP contribution in [0.25, 0.3) is 0 Å². The van der Waals surface area contributed by atoms with Crippen molar-refractivity contribution in [2.45, 2.75) is 51.1 Å². The van der Waals surface area contributed by atoms with E-state index in [1.54, 1.807) is 0 Å². The standard InChI is InChI=1S/C20H30N4O.HI/c1-14(2)19(25)24-11-9-16(10-12-24)22-20(21-3)23-18-13-17(18)15-7-5-4-6-8-15;/h4-8,14,16-18H,9-13H2,1-3H3,(H2,21,22,23);1H. The summed E-state index contributed by atoms with van der Waals surface area (Å²) in [4.78, 5) is 18.5. The molecule has 6 heteroatoms. The van der Waals surface area contributed by atoms with Crippen LogP contribution in [0, 0.1) is 5.92 Å². The van der Waals surface area contributed by atoms with E-state index in [0.29, 0.717) is 18.0 Å². The molecule has 0 spiro atoms. The molecule has 3 rings (SSSR count). The maximum absolute atomic E-state index is 12.1. The minimum atomic E-state index is 0. The second-order valence-corrected chi connectivity index (χ2v) is 7.47. The largest absolute Gasteiger partial charge is 0.354 e. The minimum Gasteiger partial charge on any atom is -0.354 e. The Bertz CT molecular complexity index is 611. The summed E-state index contributed by atoms with van der Waals surface area (Å²) >= 11 is 0. The fourth-order valence-corrected chi connectivity index (χ4v) is 3.57. The lowest BCUT2D eigenvalue weighted by molar-refractivity contribution is -0.135. The van der Waals surface area contributed by atoms with Gasteiger partial charge in [0, 0.05) is 44.1 Å². The van der Waals surface area contributed by atoms with Crippen molar-refractivity contribution in [2.75, 3.05) is 20.1 Å². The zero-order valence-corrected chi connectivity index (χ0v) is 18.3. The van der Waals surface area contributed by atoms with Crippen molar-refractivity contribution in [3.05, 3.63) is 35.9 Å². The van der Waals surface area contributed by atoms with Gasteiger partial charge in [-0.05, 0) is 24.8 Å². The number of carbonyl (C=O) groups excluding carboxylic acids is 1. The Kier molecular flexibility index (Phi) is 7.73. The van der Waals surface area contributed by atoms with E-state index in [4.69, 9.17) is 0 Å². The number of halogens is 1. The summed E-state index contributed by atoms with van der Waals surface area (Å²) in [6.07, 6.45) is 3.12. The van der Waals surface area contributed by atoms with Crippen LogP contribution in [0.4, 0.5) is 0 Å². The second kappa shape index (κ2) is 9.58. The number of hydrogen-bond acceptors (Lipinski definition) is 2. The molecular weight excluding hydrogens is 439 g/mol. The van der Waals surface area contributed by atoms with Crippen molar-refractivity contribution >= 4 is 35.8 Å². The SMILES string of the molecule is CN=C(NC1CCN(C(=O)C(C)C)CC1)NC1CC1c1ccccc1.I. The fraction of sp³-hybridized carbons (Fsp3) is 0.600. The minimum absolute atomic E-state index is 0. The predicted molar refractivity (Wildman–Crippen MR) is 117 cm³/mol. The van der Waals surface area contributed by atoms with Crippen LogP contribution in [0.15, 0.2) is 35.3 Å². The van der Waals surface area contributed by atoms with Crippen LogP contribution in [-0.4, -0.2) is 49.0 Å². The molecule has 2 unspecified atom stereocenters. The van der Waals surface area contributed by atoms with E-state index in [9.17, 15) is 4.79 Å². The molecule has 1 heterocycles. The van der Waals surface area contributed by atoms with Gasteiger partial charge in [-0.15, -0.1) is 24.0 Å². The van der Waals surface area contributed by atoms with Crippen molar-refractivity contribution in [1.29, 1.82) is 0 Å². The average molecular weight is 470 g/mol. The van der Waals surface area contributed by atoms with Crippen LogP contribution in [-0.2, 0) is 4.79 Å². The predicted octanol–water partition coefficient (Wildman–Crippen LogP) is 2.97. The van der Waals surface area contributed by atoms with E-state index in [-0.39, 0.29) is 35.8 Å². The Morgan fingerprint density at radius 3 is 2.38 bits per heavy atom. The molecule has 0 bridgehead atoms. The third-order valence-corrected chi connectivity index (χ3v) is 5.21. The highest BCUT2D eigenvalue weighted by Gasteiger charge is 2.39. The molecule has 2 fully saturated rings. The van der Waals surface area contributed by atoms with Crippen LogP contribution in [0.5, 0.6) is 0 Å². The van der Waals surface area contributed by atoms with E-state index in [1.165, 1.54) is 5.56 Å². The van der Waals surface area contributed by atoms with E-state index in [2.05, 4.69) is 46.0 Å². The van der Waals surface area contributed by atoms with E-state index >= 15 is 0 Å². The van der Waals surface area contributed by atoms with E-state index in [1.807, 2.05) is 25.8 Å². The molecular formula is C20H31IN4O. The highest BCUT2D eigenvalue weighted by atomic mass is 127. The Morgan fingerprint density at radius 2 is 1.81 bits per heavy atom. The van der Waals surface area contributed by atoms with Crippen molar-refractivity contribution in [1.82, 2.24) is 15.5 Å². The molecule has 1 aliphatic heterocycles. The van der Waals surface area contributed by atoms with Gasteiger partial charge in [-0.25, -0.2) is 0 Å². The Hall–Kier alpha value is -1.31. The molecule has 1 saturated heterocycles. The van der Waals surface area contributed by atoms with Gasteiger partial charge in [0.1, 0.15) is 0 Å².